The predicted octanol–water partition coefficient (Wildman–Crippen LogP) is 16.9. The van der Waals surface area contributed by atoms with Gasteiger partial charge in [0.25, 0.3) is 0 Å². The monoisotopic (exact) mass is 809 g/mol. The first kappa shape index (κ1) is 38.7. The van der Waals surface area contributed by atoms with E-state index in [0.29, 0.717) is 0 Å². The first-order valence-corrected chi connectivity index (χ1v) is 22.9. The van der Waals surface area contributed by atoms with E-state index in [1.54, 1.807) is 22.3 Å². The molecule has 0 bridgehead atoms. The lowest BCUT2D eigenvalue weighted by atomic mass is 9.73. The molecule has 1 heteroatoms. The van der Waals surface area contributed by atoms with Crippen LogP contribution in [0.4, 0.5) is 17.1 Å². The fourth-order valence-electron chi connectivity index (χ4n) is 10.4. The second kappa shape index (κ2) is 17.3. The van der Waals surface area contributed by atoms with Gasteiger partial charge in [0, 0.05) is 17.1 Å². The van der Waals surface area contributed by atoms with Crippen LogP contribution >= 0.6 is 0 Å². The molecule has 11 rings (SSSR count). The first-order chi connectivity index (χ1) is 31.2. The van der Waals surface area contributed by atoms with E-state index in [1.165, 1.54) is 92.4 Å². The molecule has 0 unspecified atom stereocenters. The second-order valence-electron chi connectivity index (χ2n) is 17.3. The van der Waals surface area contributed by atoms with Gasteiger partial charge in [-0.2, -0.15) is 0 Å². The highest BCUT2D eigenvalue weighted by molar-refractivity contribution is 5.87. The molecule has 0 N–H and O–H groups in total. The average molecular weight is 810 g/mol. The number of fused-ring (bicyclic) bond motifs is 2. The molecule has 1 nitrogen and oxygen atoms in total. The molecule has 0 heterocycles. The molecule has 0 amide bonds. The van der Waals surface area contributed by atoms with Crippen molar-refractivity contribution in [2.45, 2.75) is 51.4 Å². The number of rotatable bonds is 9. The molecule has 2 aliphatic carbocycles. The van der Waals surface area contributed by atoms with Crippen molar-refractivity contribution in [2.75, 3.05) is 4.90 Å². The molecule has 2 aliphatic rings. The first-order valence-electron chi connectivity index (χ1n) is 22.9. The normalized spacial score (nSPS) is 13.2. The van der Waals surface area contributed by atoms with Crippen LogP contribution in [-0.4, -0.2) is 0 Å². The van der Waals surface area contributed by atoms with Gasteiger partial charge in [-0.25, -0.2) is 0 Å². The van der Waals surface area contributed by atoms with Crippen molar-refractivity contribution >= 4 is 17.1 Å². The highest BCUT2D eigenvalue weighted by Gasteiger charge is 2.28. The van der Waals surface area contributed by atoms with Gasteiger partial charge in [0.15, 0.2) is 0 Å². The lowest BCUT2D eigenvalue weighted by molar-refractivity contribution is 0.662. The maximum absolute atomic E-state index is 2.41. The summed E-state index contributed by atoms with van der Waals surface area (Å²) in [6.45, 7) is 0. The van der Waals surface area contributed by atoms with Gasteiger partial charge in [0.2, 0.25) is 0 Å². The van der Waals surface area contributed by atoms with Gasteiger partial charge >= 0.3 is 0 Å². The van der Waals surface area contributed by atoms with E-state index in [1.807, 2.05) is 0 Å². The summed E-state index contributed by atoms with van der Waals surface area (Å²) in [5.41, 5.74) is 25.6. The van der Waals surface area contributed by atoms with E-state index in [9.17, 15) is 0 Å². The molecule has 0 aromatic heterocycles. The van der Waals surface area contributed by atoms with Crippen molar-refractivity contribution in [1.82, 2.24) is 0 Å². The zero-order valence-corrected chi connectivity index (χ0v) is 35.8. The standard InChI is InChI=1S/C62H51N/c1-4-14-44(15-5-1)47-24-26-48(27-25-47)49-28-30-52(31-29-49)61-57-20-10-12-22-59(57)62(60-23-13-11-21-58(60)61)53-36-42-56(43-37-53)63(54-38-32-50(33-39-54)45-16-6-2-7-17-45)55-40-34-51(35-41-55)46-18-8-3-9-19-46/h1-9,14-19,24-43H,10-13,20-23H2. The average Bonchev–Trinajstić information content (AvgIpc) is 3.37. The highest BCUT2D eigenvalue weighted by atomic mass is 15.1. The third-order valence-electron chi connectivity index (χ3n) is 13.5. The molecule has 0 spiro atoms. The Labute approximate surface area is 373 Å². The lowest BCUT2D eigenvalue weighted by Gasteiger charge is -2.32. The van der Waals surface area contributed by atoms with Crippen LogP contribution in [0.1, 0.15) is 47.9 Å². The molecule has 9 aromatic carbocycles. The molecule has 0 saturated heterocycles. The maximum atomic E-state index is 2.41. The van der Waals surface area contributed by atoms with E-state index in [2.05, 4.69) is 217 Å². The Kier molecular flexibility index (Phi) is 10.6. The summed E-state index contributed by atoms with van der Waals surface area (Å²) >= 11 is 0. The molecule has 0 atom stereocenters. The van der Waals surface area contributed by atoms with Gasteiger partial charge in [0.05, 0.1) is 0 Å². The van der Waals surface area contributed by atoms with Crippen LogP contribution < -0.4 is 4.90 Å². The number of benzene rings is 9. The van der Waals surface area contributed by atoms with E-state index in [4.69, 9.17) is 0 Å². The molecular formula is C62H51N. The molecule has 0 aliphatic heterocycles. The molecule has 304 valence electrons. The summed E-state index contributed by atoms with van der Waals surface area (Å²) in [6.07, 6.45) is 9.60. The second-order valence-corrected chi connectivity index (χ2v) is 17.3. The number of hydrogen-bond donors (Lipinski definition) is 0. The molecule has 0 radical (unpaired) electrons. The molecule has 0 saturated carbocycles. The Bertz CT molecular complexity index is 2850. The summed E-state index contributed by atoms with van der Waals surface area (Å²) in [4.78, 5) is 2.41. The Morgan fingerprint density at radius 1 is 0.206 bits per heavy atom. The van der Waals surface area contributed by atoms with Gasteiger partial charge in [0.1, 0.15) is 0 Å². The number of hydrogen-bond acceptors (Lipinski definition) is 1. The third kappa shape index (κ3) is 7.70. The van der Waals surface area contributed by atoms with Crippen molar-refractivity contribution in [1.29, 1.82) is 0 Å². The van der Waals surface area contributed by atoms with Crippen LogP contribution in [-0.2, 0) is 25.7 Å². The Balaban J connectivity index is 0.953. The lowest BCUT2D eigenvalue weighted by Crippen LogP contribution is -2.15. The minimum absolute atomic E-state index is 1.14. The van der Waals surface area contributed by atoms with Crippen molar-refractivity contribution in [3.8, 4) is 66.8 Å². The summed E-state index contributed by atoms with van der Waals surface area (Å²) in [5, 5.41) is 0. The minimum atomic E-state index is 1.14. The minimum Gasteiger partial charge on any atom is -0.311 e. The fraction of sp³-hybridized carbons (Fsp3) is 0.129. The quantitative estimate of drug-likeness (QED) is 0.140. The predicted molar refractivity (Wildman–Crippen MR) is 267 cm³/mol. The van der Waals surface area contributed by atoms with Crippen LogP contribution in [0.5, 0.6) is 0 Å². The molecule has 0 fully saturated rings. The van der Waals surface area contributed by atoms with Gasteiger partial charge in [-0.1, -0.05) is 176 Å². The van der Waals surface area contributed by atoms with E-state index >= 15 is 0 Å². The van der Waals surface area contributed by atoms with Crippen molar-refractivity contribution in [3.05, 3.63) is 235 Å². The van der Waals surface area contributed by atoms with Crippen LogP contribution in [0.3, 0.4) is 0 Å². The Hall–Kier alpha value is -7.22. The number of nitrogens with zero attached hydrogens (tertiary/aromatic N) is 1. The maximum Gasteiger partial charge on any atom is 0.0462 e. The van der Waals surface area contributed by atoms with Gasteiger partial charge < -0.3 is 4.90 Å². The van der Waals surface area contributed by atoms with Crippen molar-refractivity contribution in [2.24, 2.45) is 0 Å². The zero-order chi connectivity index (χ0) is 42.0. The smallest absolute Gasteiger partial charge is 0.0462 e. The van der Waals surface area contributed by atoms with Crippen LogP contribution in [0.25, 0.3) is 66.8 Å². The number of anilines is 3. The largest absolute Gasteiger partial charge is 0.311 e. The summed E-state index contributed by atoms with van der Waals surface area (Å²) in [6, 6.07) is 78.1. The summed E-state index contributed by atoms with van der Waals surface area (Å²) in [5.74, 6) is 0. The van der Waals surface area contributed by atoms with Crippen molar-refractivity contribution < 1.29 is 0 Å². The molecule has 9 aromatic rings. The SMILES string of the molecule is c1ccc(-c2ccc(-c3ccc(-c4c5c(c(-c6ccc(N(c7ccc(-c8ccccc8)cc7)c7ccc(-c8ccccc8)cc7)cc6)c6c4CCCC6)CCCC5)cc3)cc2)cc1. The molecule has 63 heavy (non-hydrogen) atoms. The third-order valence-corrected chi connectivity index (χ3v) is 13.5. The van der Waals surface area contributed by atoms with Crippen LogP contribution in [0.2, 0.25) is 0 Å². The van der Waals surface area contributed by atoms with E-state index < -0.39 is 0 Å². The molecular weight excluding hydrogens is 759 g/mol. The zero-order valence-electron chi connectivity index (χ0n) is 35.8. The van der Waals surface area contributed by atoms with Gasteiger partial charge in [-0.15, -0.1) is 0 Å². The Morgan fingerprint density at radius 3 is 0.683 bits per heavy atom. The van der Waals surface area contributed by atoms with Gasteiger partial charge in [-0.3, -0.25) is 0 Å². The van der Waals surface area contributed by atoms with Gasteiger partial charge in [-0.05, 0) is 177 Å². The highest BCUT2D eigenvalue weighted by Crippen LogP contribution is 2.47. The van der Waals surface area contributed by atoms with Crippen molar-refractivity contribution in [3.63, 3.8) is 0 Å². The van der Waals surface area contributed by atoms with E-state index in [0.717, 1.165) is 42.7 Å². The topological polar surface area (TPSA) is 3.24 Å². The van der Waals surface area contributed by atoms with Crippen LogP contribution in [0, 0.1) is 0 Å². The summed E-state index contributed by atoms with van der Waals surface area (Å²) in [7, 11) is 0. The fourth-order valence-corrected chi connectivity index (χ4v) is 10.4. The van der Waals surface area contributed by atoms with E-state index in [-0.39, 0.29) is 0 Å². The Morgan fingerprint density at radius 2 is 0.413 bits per heavy atom. The summed E-state index contributed by atoms with van der Waals surface area (Å²) < 4.78 is 0. The van der Waals surface area contributed by atoms with Crippen LogP contribution in [0.15, 0.2) is 212 Å².